The van der Waals surface area contributed by atoms with Gasteiger partial charge in [0.25, 0.3) is 5.91 Å². The second-order valence-corrected chi connectivity index (χ2v) is 6.72. The molecule has 0 saturated carbocycles. The Morgan fingerprint density at radius 2 is 1.80 bits per heavy atom. The summed E-state index contributed by atoms with van der Waals surface area (Å²) in [6.07, 6.45) is 1.34. The van der Waals surface area contributed by atoms with E-state index >= 15 is 0 Å². The standard InChI is InChI=1S/C23H29NO6/c1-17-6-4-7-19(14-17)29-13-5-8-23(26)30-16-22(25)24-12-11-18-9-10-20(27-2)21(15-18)28-3/h4,6-7,9-10,14-15H,5,8,11-13,16H2,1-3H3,(H,24,25). The number of hydrogen-bond donors (Lipinski definition) is 1. The molecule has 162 valence electrons. The quantitative estimate of drug-likeness (QED) is 0.424. The van der Waals surface area contributed by atoms with Crippen molar-refractivity contribution in [2.75, 3.05) is 34.0 Å². The first kappa shape index (κ1) is 23.1. The van der Waals surface area contributed by atoms with E-state index in [1.54, 1.807) is 14.2 Å². The minimum Gasteiger partial charge on any atom is -0.494 e. The number of ether oxygens (including phenoxy) is 4. The SMILES string of the molecule is COc1ccc(CCNC(=O)COC(=O)CCCOc2cccc(C)c2)cc1OC. The number of benzene rings is 2. The Labute approximate surface area is 177 Å². The van der Waals surface area contributed by atoms with E-state index in [4.69, 9.17) is 18.9 Å². The zero-order chi connectivity index (χ0) is 21.8. The second-order valence-electron chi connectivity index (χ2n) is 6.72. The molecule has 1 N–H and O–H groups in total. The third-order valence-electron chi connectivity index (χ3n) is 4.33. The summed E-state index contributed by atoms with van der Waals surface area (Å²) < 4.78 is 21.0. The Morgan fingerprint density at radius 1 is 1.00 bits per heavy atom. The van der Waals surface area contributed by atoms with Gasteiger partial charge in [-0.15, -0.1) is 0 Å². The van der Waals surface area contributed by atoms with E-state index in [1.165, 1.54) is 0 Å². The van der Waals surface area contributed by atoms with Crippen molar-refractivity contribution in [3.05, 3.63) is 53.6 Å². The number of amides is 1. The number of carbonyl (C=O) groups excluding carboxylic acids is 2. The van der Waals surface area contributed by atoms with Crippen LogP contribution in [0.4, 0.5) is 0 Å². The number of esters is 1. The first-order valence-corrected chi connectivity index (χ1v) is 9.84. The van der Waals surface area contributed by atoms with Gasteiger partial charge in [-0.1, -0.05) is 18.2 Å². The molecule has 2 rings (SSSR count). The maximum absolute atomic E-state index is 11.9. The Kier molecular flexibility index (Phi) is 9.51. The van der Waals surface area contributed by atoms with Gasteiger partial charge >= 0.3 is 5.97 Å². The molecule has 0 bridgehead atoms. The van der Waals surface area contributed by atoms with Crippen LogP contribution in [0.3, 0.4) is 0 Å². The van der Waals surface area contributed by atoms with Crippen LogP contribution in [-0.4, -0.2) is 45.9 Å². The number of rotatable bonds is 12. The van der Waals surface area contributed by atoms with E-state index in [-0.39, 0.29) is 18.9 Å². The zero-order valence-electron chi connectivity index (χ0n) is 17.7. The number of carbonyl (C=O) groups is 2. The highest BCUT2D eigenvalue weighted by atomic mass is 16.5. The van der Waals surface area contributed by atoms with Gasteiger partial charge in [0, 0.05) is 13.0 Å². The largest absolute Gasteiger partial charge is 0.494 e. The fraction of sp³-hybridized carbons (Fsp3) is 0.391. The van der Waals surface area contributed by atoms with Crippen LogP contribution < -0.4 is 19.5 Å². The molecule has 0 spiro atoms. The lowest BCUT2D eigenvalue weighted by Gasteiger charge is -2.10. The summed E-state index contributed by atoms with van der Waals surface area (Å²) >= 11 is 0. The van der Waals surface area contributed by atoms with Crippen molar-refractivity contribution in [3.63, 3.8) is 0 Å². The molecule has 0 saturated heterocycles. The molecule has 0 radical (unpaired) electrons. The van der Waals surface area contributed by atoms with Crippen molar-refractivity contribution < 1.29 is 28.5 Å². The fourth-order valence-corrected chi connectivity index (χ4v) is 2.76. The van der Waals surface area contributed by atoms with E-state index in [2.05, 4.69) is 5.32 Å². The first-order valence-electron chi connectivity index (χ1n) is 9.84. The molecule has 0 aliphatic heterocycles. The molecule has 0 fully saturated rings. The third kappa shape index (κ3) is 8.03. The van der Waals surface area contributed by atoms with Crippen molar-refractivity contribution in [2.45, 2.75) is 26.2 Å². The maximum Gasteiger partial charge on any atom is 0.306 e. The Morgan fingerprint density at radius 3 is 2.53 bits per heavy atom. The smallest absolute Gasteiger partial charge is 0.306 e. The molecule has 2 aromatic rings. The summed E-state index contributed by atoms with van der Waals surface area (Å²) in [4.78, 5) is 23.6. The van der Waals surface area contributed by atoms with Crippen LogP contribution in [0, 0.1) is 6.92 Å². The monoisotopic (exact) mass is 415 g/mol. The fourth-order valence-electron chi connectivity index (χ4n) is 2.76. The third-order valence-corrected chi connectivity index (χ3v) is 4.33. The summed E-state index contributed by atoms with van der Waals surface area (Å²) in [5.74, 6) is 1.32. The molecule has 0 unspecified atom stereocenters. The molecule has 1 amide bonds. The van der Waals surface area contributed by atoms with Crippen molar-refractivity contribution in [1.82, 2.24) is 5.32 Å². The predicted octanol–water partition coefficient (Wildman–Crippen LogP) is 3.07. The maximum atomic E-state index is 11.9. The first-order chi connectivity index (χ1) is 14.5. The number of hydrogen-bond acceptors (Lipinski definition) is 6. The van der Waals surface area contributed by atoms with E-state index in [0.29, 0.717) is 37.5 Å². The van der Waals surface area contributed by atoms with Crippen LogP contribution in [0.2, 0.25) is 0 Å². The lowest BCUT2D eigenvalue weighted by molar-refractivity contribution is -0.148. The van der Waals surface area contributed by atoms with Crippen molar-refractivity contribution in [3.8, 4) is 17.2 Å². The molecular weight excluding hydrogens is 386 g/mol. The number of methoxy groups -OCH3 is 2. The molecule has 7 nitrogen and oxygen atoms in total. The van der Waals surface area contributed by atoms with Gasteiger partial charge in [0.2, 0.25) is 0 Å². The zero-order valence-corrected chi connectivity index (χ0v) is 17.7. The summed E-state index contributed by atoms with van der Waals surface area (Å²) in [6.45, 7) is 2.54. The summed E-state index contributed by atoms with van der Waals surface area (Å²) in [6, 6.07) is 13.3. The van der Waals surface area contributed by atoms with E-state index in [0.717, 1.165) is 16.9 Å². The highest BCUT2D eigenvalue weighted by molar-refractivity contribution is 5.80. The van der Waals surface area contributed by atoms with Crippen LogP contribution in [0.5, 0.6) is 17.2 Å². The molecule has 0 aliphatic carbocycles. The van der Waals surface area contributed by atoms with E-state index in [9.17, 15) is 9.59 Å². The topological polar surface area (TPSA) is 83.1 Å². The lowest BCUT2D eigenvalue weighted by Crippen LogP contribution is -2.30. The normalized spacial score (nSPS) is 10.2. The molecule has 0 aliphatic rings. The number of nitrogens with one attached hydrogen (secondary N) is 1. The highest BCUT2D eigenvalue weighted by Gasteiger charge is 2.09. The van der Waals surface area contributed by atoms with Crippen molar-refractivity contribution in [2.24, 2.45) is 0 Å². The molecule has 7 heteroatoms. The minimum atomic E-state index is -0.419. The number of aryl methyl sites for hydroxylation is 1. The predicted molar refractivity (Wildman–Crippen MR) is 113 cm³/mol. The lowest BCUT2D eigenvalue weighted by atomic mass is 10.1. The van der Waals surface area contributed by atoms with Crippen molar-refractivity contribution in [1.29, 1.82) is 0 Å². The average molecular weight is 415 g/mol. The summed E-state index contributed by atoms with van der Waals surface area (Å²) in [7, 11) is 3.16. The van der Waals surface area contributed by atoms with Crippen LogP contribution in [-0.2, 0) is 20.7 Å². The summed E-state index contributed by atoms with van der Waals surface area (Å²) in [5.41, 5.74) is 2.11. The molecular formula is C23H29NO6. The van der Waals surface area contributed by atoms with Gasteiger partial charge in [0.15, 0.2) is 18.1 Å². The molecule has 30 heavy (non-hydrogen) atoms. The molecule has 0 atom stereocenters. The minimum absolute atomic E-state index is 0.199. The Hall–Kier alpha value is -3.22. The molecule has 2 aromatic carbocycles. The van der Waals surface area contributed by atoms with Crippen LogP contribution >= 0.6 is 0 Å². The van der Waals surface area contributed by atoms with Gasteiger partial charge in [0.1, 0.15) is 5.75 Å². The second kappa shape index (κ2) is 12.4. The molecule has 0 aromatic heterocycles. The van der Waals surface area contributed by atoms with Gasteiger partial charge in [-0.25, -0.2) is 0 Å². The van der Waals surface area contributed by atoms with Crippen LogP contribution in [0.25, 0.3) is 0 Å². The average Bonchev–Trinajstić information content (AvgIpc) is 2.75. The van der Waals surface area contributed by atoms with E-state index < -0.39 is 5.97 Å². The van der Waals surface area contributed by atoms with Gasteiger partial charge in [0.05, 0.1) is 20.8 Å². The van der Waals surface area contributed by atoms with Crippen LogP contribution in [0.15, 0.2) is 42.5 Å². The Bertz CT molecular complexity index is 836. The summed E-state index contributed by atoms with van der Waals surface area (Å²) in [5, 5.41) is 2.73. The van der Waals surface area contributed by atoms with Crippen LogP contribution in [0.1, 0.15) is 24.0 Å². The molecule has 0 heterocycles. The van der Waals surface area contributed by atoms with Gasteiger partial charge in [-0.3, -0.25) is 9.59 Å². The van der Waals surface area contributed by atoms with Gasteiger partial charge < -0.3 is 24.3 Å². The van der Waals surface area contributed by atoms with E-state index in [1.807, 2.05) is 49.4 Å². The van der Waals surface area contributed by atoms with Gasteiger partial charge in [-0.05, 0) is 55.2 Å². The highest BCUT2D eigenvalue weighted by Crippen LogP contribution is 2.27. The van der Waals surface area contributed by atoms with Gasteiger partial charge in [-0.2, -0.15) is 0 Å². The Balaban J connectivity index is 1.58. The van der Waals surface area contributed by atoms with Crippen molar-refractivity contribution >= 4 is 11.9 Å².